The molecule has 2 aromatic rings. The molecule has 0 unspecified atom stereocenters. The van der Waals surface area contributed by atoms with Gasteiger partial charge in [0.25, 0.3) is 0 Å². The number of methoxy groups -OCH3 is 2. The normalized spacial score (nSPS) is 10.0. The minimum atomic E-state index is 0.630. The van der Waals surface area contributed by atoms with Crippen LogP contribution in [0.4, 0.5) is 11.4 Å². The maximum atomic E-state index is 5.78. The maximum absolute atomic E-state index is 5.78. The van der Waals surface area contributed by atoms with E-state index in [-0.39, 0.29) is 0 Å². The summed E-state index contributed by atoms with van der Waals surface area (Å²) in [4.78, 5) is 0. The van der Waals surface area contributed by atoms with Crippen LogP contribution < -0.4 is 20.5 Å². The summed E-state index contributed by atoms with van der Waals surface area (Å²) in [6.45, 7) is 0.678. The molecule has 0 bridgehead atoms. The standard InChI is InChI=1S/C15H18N2O2/c1-18-14-6-4-3-5-11(14)10-17-12-7-8-13(16)15(9-12)19-2/h3-9,17H,10,16H2,1-2H3. The van der Waals surface area contributed by atoms with Crippen molar-refractivity contribution >= 4 is 11.4 Å². The van der Waals surface area contributed by atoms with E-state index < -0.39 is 0 Å². The SMILES string of the molecule is COc1cc(NCc2ccccc2OC)ccc1N. The van der Waals surface area contributed by atoms with Crippen molar-refractivity contribution in [2.45, 2.75) is 6.54 Å². The molecule has 0 saturated carbocycles. The van der Waals surface area contributed by atoms with E-state index in [4.69, 9.17) is 15.2 Å². The van der Waals surface area contributed by atoms with E-state index in [0.717, 1.165) is 17.0 Å². The van der Waals surface area contributed by atoms with Gasteiger partial charge in [0.2, 0.25) is 0 Å². The Balaban J connectivity index is 2.10. The Kier molecular flexibility index (Phi) is 4.13. The molecule has 2 aromatic carbocycles. The molecule has 2 rings (SSSR count). The van der Waals surface area contributed by atoms with Crippen LogP contribution in [0, 0.1) is 0 Å². The first-order valence-electron chi connectivity index (χ1n) is 6.04. The van der Waals surface area contributed by atoms with Gasteiger partial charge in [-0.1, -0.05) is 18.2 Å². The predicted octanol–water partition coefficient (Wildman–Crippen LogP) is 2.90. The molecule has 0 amide bonds. The molecule has 0 aliphatic heterocycles. The summed E-state index contributed by atoms with van der Waals surface area (Å²) in [5, 5.41) is 3.32. The van der Waals surface area contributed by atoms with Crippen molar-refractivity contribution in [3.05, 3.63) is 48.0 Å². The second kappa shape index (κ2) is 6.00. The molecule has 0 fully saturated rings. The highest BCUT2D eigenvalue weighted by molar-refractivity contribution is 5.61. The second-order valence-electron chi connectivity index (χ2n) is 4.12. The summed E-state index contributed by atoms with van der Waals surface area (Å²) in [6.07, 6.45) is 0. The topological polar surface area (TPSA) is 56.5 Å². The highest BCUT2D eigenvalue weighted by Crippen LogP contribution is 2.26. The van der Waals surface area contributed by atoms with E-state index in [1.807, 2.05) is 42.5 Å². The molecule has 100 valence electrons. The van der Waals surface area contributed by atoms with Gasteiger partial charge in [0.15, 0.2) is 0 Å². The van der Waals surface area contributed by atoms with Crippen LogP contribution in [-0.4, -0.2) is 14.2 Å². The summed E-state index contributed by atoms with van der Waals surface area (Å²) in [5.74, 6) is 1.54. The van der Waals surface area contributed by atoms with Gasteiger partial charge in [-0.3, -0.25) is 0 Å². The average Bonchev–Trinajstić information content (AvgIpc) is 2.46. The fourth-order valence-electron chi connectivity index (χ4n) is 1.87. The molecule has 0 radical (unpaired) electrons. The van der Waals surface area contributed by atoms with Crippen molar-refractivity contribution in [2.24, 2.45) is 0 Å². The highest BCUT2D eigenvalue weighted by atomic mass is 16.5. The summed E-state index contributed by atoms with van der Waals surface area (Å²) in [5.41, 5.74) is 8.46. The van der Waals surface area contributed by atoms with E-state index in [0.29, 0.717) is 18.0 Å². The van der Waals surface area contributed by atoms with Gasteiger partial charge < -0.3 is 20.5 Å². The van der Waals surface area contributed by atoms with Crippen LogP contribution >= 0.6 is 0 Å². The van der Waals surface area contributed by atoms with Crippen molar-refractivity contribution in [3.8, 4) is 11.5 Å². The third-order valence-corrected chi connectivity index (χ3v) is 2.91. The van der Waals surface area contributed by atoms with Crippen LogP contribution in [0.15, 0.2) is 42.5 Å². The zero-order valence-electron chi connectivity index (χ0n) is 11.1. The minimum absolute atomic E-state index is 0.630. The van der Waals surface area contributed by atoms with Crippen molar-refractivity contribution in [1.82, 2.24) is 0 Å². The summed E-state index contributed by atoms with van der Waals surface area (Å²) in [6, 6.07) is 13.5. The van der Waals surface area contributed by atoms with Crippen LogP contribution in [0.25, 0.3) is 0 Å². The van der Waals surface area contributed by atoms with Crippen LogP contribution in [0.3, 0.4) is 0 Å². The number of nitrogens with one attached hydrogen (secondary N) is 1. The number of para-hydroxylation sites is 1. The Hall–Kier alpha value is -2.36. The molecule has 0 aliphatic carbocycles. The number of ether oxygens (including phenoxy) is 2. The number of hydrogen-bond acceptors (Lipinski definition) is 4. The molecule has 4 nitrogen and oxygen atoms in total. The lowest BCUT2D eigenvalue weighted by Gasteiger charge is -2.12. The molecule has 19 heavy (non-hydrogen) atoms. The van der Waals surface area contributed by atoms with E-state index in [1.165, 1.54) is 0 Å². The molecular weight excluding hydrogens is 240 g/mol. The number of nitrogens with two attached hydrogens (primary N) is 1. The predicted molar refractivity (Wildman–Crippen MR) is 77.7 cm³/mol. The Morgan fingerprint density at radius 3 is 2.47 bits per heavy atom. The van der Waals surface area contributed by atoms with E-state index in [1.54, 1.807) is 14.2 Å². The van der Waals surface area contributed by atoms with Gasteiger partial charge in [-0.2, -0.15) is 0 Å². The Labute approximate surface area is 113 Å². The van der Waals surface area contributed by atoms with Gasteiger partial charge >= 0.3 is 0 Å². The smallest absolute Gasteiger partial charge is 0.143 e. The van der Waals surface area contributed by atoms with E-state index in [9.17, 15) is 0 Å². The van der Waals surface area contributed by atoms with E-state index >= 15 is 0 Å². The first-order chi connectivity index (χ1) is 9.24. The Morgan fingerprint density at radius 1 is 1.00 bits per heavy atom. The minimum Gasteiger partial charge on any atom is -0.496 e. The number of benzene rings is 2. The monoisotopic (exact) mass is 258 g/mol. The summed E-state index contributed by atoms with van der Waals surface area (Å²) >= 11 is 0. The fraction of sp³-hybridized carbons (Fsp3) is 0.200. The number of hydrogen-bond donors (Lipinski definition) is 2. The maximum Gasteiger partial charge on any atom is 0.143 e. The van der Waals surface area contributed by atoms with Gasteiger partial charge in [0, 0.05) is 23.9 Å². The molecule has 0 spiro atoms. The first kappa shape index (κ1) is 13.1. The van der Waals surface area contributed by atoms with Gasteiger partial charge in [-0.25, -0.2) is 0 Å². The van der Waals surface area contributed by atoms with E-state index in [2.05, 4.69) is 5.32 Å². The van der Waals surface area contributed by atoms with Gasteiger partial charge in [0.05, 0.1) is 19.9 Å². The molecule has 3 N–H and O–H groups in total. The van der Waals surface area contributed by atoms with Gasteiger partial charge in [-0.05, 0) is 18.2 Å². The molecule has 0 heterocycles. The quantitative estimate of drug-likeness (QED) is 0.810. The summed E-state index contributed by atoms with van der Waals surface area (Å²) in [7, 11) is 3.28. The third kappa shape index (κ3) is 3.10. The fourth-order valence-corrected chi connectivity index (χ4v) is 1.87. The van der Waals surface area contributed by atoms with Crippen molar-refractivity contribution in [1.29, 1.82) is 0 Å². The lowest BCUT2D eigenvalue weighted by atomic mass is 10.2. The van der Waals surface area contributed by atoms with Crippen molar-refractivity contribution in [3.63, 3.8) is 0 Å². The Morgan fingerprint density at radius 2 is 1.74 bits per heavy atom. The lowest BCUT2D eigenvalue weighted by molar-refractivity contribution is 0.410. The zero-order valence-corrected chi connectivity index (χ0v) is 11.1. The van der Waals surface area contributed by atoms with Crippen molar-refractivity contribution in [2.75, 3.05) is 25.3 Å². The number of nitrogen functional groups attached to an aromatic ring is 1. The van der Waals surface area contributed by atoms with Crippen LogP contribution in [0.2, 0.25) is 0 Å². The van der Waals surface area contributed by atoms with Crippen LogP contribution in [-0.2, 0) is 6.54 Å². The van der Waals surface area contributed by atoms with Crippen molar-refractivity contribution < 1.29 is 9.47 Å². The molecule has 4 heteroatoms. The molecular formula is C15H18N2O2. The molecule has 0 aromatic heterocycles. The van der Waals surface area contributed by atoms with Crippen LogP contribution in [0.1, 0.15) is 5.56 Å². The number of anilines is 2. The lowest BCUT2D eigenvalue weighted by Crippen LogP contribution is -2.02. The highest BCUT2D eigenvalue weighted by Gasteiger charge is 2.03. The Bertz CT molecular complexity index is 556. The number of rotatable bonds is 5. The molecule has 0 aliphatic rings. The largest absolute Gasteiger partial charge is 0.496 e. The second-order valence-corrected chi connectivity index (χ2v) is 4.12. The summed E-state index contributed by atoms with van der Waals surface area (Å²) < 4.78 is 10.5. The average molecular weight is 258 g/mol. The first-order valence-corrected chi connectivity index (χ1v) is 6.04. The molecule has 0 saturated heterocycles. The van der Waals surface area contributed by atoms with Crippen LogP contribution in [0.5, 0.6) is 11.5 Å². The molecule has 0 atom stereocenters. The third-order valence-electron chi connectivity index (χ3n) is 2.91. The van der Waals surface area contributed by atoms with Gasteiger partial charge in [-0.15, -0.1) is 0 Å². The van der Waals surface area contributed by atoms with Gasteiger partial charge in [0.1, 0.15) is 11.5 Å². The zero-order chi connectivity index (χ0) is 13.7.